The molecule has 4 atom stereocenters. The van der Waals surface area contributed by atoms with Crippen molar-refractivity contribution in [1.82, 2.24) is 20.6 Å². The quantitative estimate of drug-likeness (QED) is 0.584. The molecule has 0 amide bonds. The van der Waals surface area contributed by atoms with Crippen LogP contribution in [0.2, 0.25) is 0 Å². The number of fused-ring (bicyclic) bond motifs is 3. The van der Waals surface area contributed by atoms with Crippen LogP contribution in [0.25, 0.3) is 5.70 Å². The van der Waals surface area contributed by atoms with Crippen molar-refractivity contribution in [2.45, 2.75) is 37.8 Å². The Morgan fingerprint density at radius 1 is 1.25 bits per heavy atom. The molecule has 0 bridgehead atoms. The average Bonchev–Trinajstić information content (AvgIpc) is 3.07. The molecule has 4 unspecified atom stereocenters. The van der Waals surface area contributed by atoms with Gasteiger partial charge in [0.2, 0.25) is 0 Å². The van der Waals surface area contributed by atoms with E-state index < -0.39 is 6.10 Å². The molecule has 0 saturated heterocycles. The molecule has 106 valence electrons. The first kappa shape index (κ1) is 12.3. The number of nitrogens with zero attached hydrogens (tertiary/aromatic N) is 1. The molecule has 0 aromatic carbocycles. The molecule has 4 N–H and O–H groups in total. The maximum atomic E-state index is 10.8. The van der Waals surface area contributed by atoms with E-state index in [1.54, 1.807) is 12.4 Å². The highest BCUT2D eigenvalue weighted by Gasteiger charge is 2.50. The zero-order valence-corrected chi connectivity index (χ0v) is 11.9. The molecule has 1 aromatic rings. The van der Waals surface area contributed by atoms with Crippen molar-refractivity contribution in [3.05, 3.63) is 23.8 Å². The van der Waals surface area contributed by atoms with Gasteiger partial charge in [-0.2, -0.15) is 0 Å². The van der Waals surface area contributed by atoms with Crippen LogP contribution in [0.4, 0.5) is 0 Å². The van der Waals surface area contributed by atoms with Crippen LogP contribution >= 0.6 is 12.2 Å². The Balaban J connectivity index is 1.83. The first-order valence-electron chi connectivity index (χ1n) is 7.25. The summed E-state index contributed by atoms with van der Waals surface area (Å²) in [6.07, 6.45) is 7.84. The van der Waals surface area contributed by atoms with Crippen molar-refractivity contribution in [2.75, 3.05) is 0 Å². The third-order valence-electron chi connectivity index (χ3n) is 4.91. The van der Waals surface area contributed by atoms with Crippen molar-refractivity contribution in [3.63, 3.8) is 0 Å². The van der Waals surface area contributed by atoms with Crippen LogP contribution in [0, 0.1) is 11.8 Å². The summed E-state index contributed by atoms with van der Waals surface area (Å²) in [6, 6.07) is 0.157. The minimum Gasteiger partial charge on any atom is -0.388 e. The van der Waals surface area contributed by atoms with Crippen molar-refractivity contribution in [2.24, 2.45) is 11.8 Å². The third kappa shape index (κ3) is 1.71. The number of H-pyrrole nitrogens is 1. The summed E-state index contributed by atoms with van der Waals surface area (Å²) in [7, 11) is 0. The van der Waals surface area contributed by atoms with Gasteiger partial charge in [0.15, 0.2) is 10.9 Å². The van der Waals surface area contributed by atoms with Crippen molar-refractivity contribution < 1.29 is 5.11 Å². The van der Waals surface area contributed by atoms with Gasteiger partial charge in [-0.25, -0.2) is 4.98 Å². The molecule has 6 heteroatoms. The molecule has 2 aliphatic carbocycles. The highest BCUT2D eigenvalue weighted by Crippen LogP contribution is 2.47. The Morgan fingerprint density at radius 3 is 2.80 bits per heavy atom. The Bertz CT molecular complexity index is 568. The van der Waals surface area contributed by atoms with Gasteiger partial charge < -0.3 is 20.7 Å². The van der Waals surface area contributed by atoms with E-state index in [1.165, 1.54) is 12.8 Å². The SMILES string of the molecule is OC1C2=C(c3ncc[nH]3)NC(=S)NC2C2CCCCC12. The van der Waals surface area contributed by atoms with Crippen LogP contribution in [0.1, 0.15) is 31.5 Å². The summed E-state index contributed by atoms with van der Waals surface area (Å²) >= 11 is 5.33. The fraction of sp³-hybridized carbons (Fsp3) is 0.571. The monoisotopic (exact) mass is 290 g/mol. The summed E-state index contributed by atoms with van der Waals surface area (Å²) in [5.74, 6) is 1.59. The van der Waals surface area contributed by atoms with Crippen LogP contribution in [0.15, 0.2) is 18.0 Å². The molecular formula is C14H18N4OS. The number of aliphatic hydroxyl groups is 1. The zero-order chi connectivity index (χ0) is 13.7. The second-order valence-electron chi connectivity index (χ2n) is 5.90. The summed E-state index contributed by atoms with van der Waals surface area (Å²) in [5, 5.41) is 17.9. The largest absolute Gasteiger partial charge is 0.388 e. The van der Waals surface area contributed by atoms with E-state index in [9.17, 15) is 5.11 Å². The Kier molecular flexibility index (Phi) is 2.82. The lowest BCUT2D eigenvalue weighted by Gasteiger charge is -2.32. The summed E-state index contributed by atoms with van der Waals surface area (Å²) in [6.45, 7) is 0. The third-order valence-corrected chi connectivity index (χ3v) is 5.13. The lowest BCUT2D eigenvalue weighted by Crippen LogP contribution is -2.49. The normalized spacial score (nSPS) is 36.1. The van der Waals surface area contributed by atoms with E-state index in [0.717, 1.165) is 29.9 Å². The van der Waals surface area contributed by atoms with Crippen molar-refractivity contribution >= 4 is 23.0 Å². The molecule has 0 spiro atoms. The highest BCUT2D eigenvalue weighted by molar-refractivity contribution is 7.80. The molecule has 5 nitrogen and oxygen atoms in total. The molecular weight excluding hydrogens is 272 g/mol. The van der Waals surface area contributed by atoms with Crippen molar-refractivity contribution in [1.29, 1.82) is 0 Å². The minimum atomic E-state index is -0.395. The second-order valence-corrected chi connectivity index (χ2v) is 6.31. The Labute approximate surface area is 122 Å². The molecule has 1 aliphatic heterocycles. The van der Waals surface area contributed by atoms with E-state index in [4.69, 9.17) is 12.2 Å². The van der Waals surface area contributed by atoms with Gasteiger partial charge in [-0.3, -0.25) is 0 Å². The zero-order valence-electron chi connectivity index (χ0n) is 11.1. The molecule has 0 radical (unpaired) electrons. The lowest BCUT2D eigenvalue weighted by molar-refractivity contribution is 0.111. The van der Waals surface area contributed by atoms with Crippen LogP contribution in [0.5, 0.6) is 0 Å². The number of hydrogen-bond donors (Lipinski definition) is 4. The first-order chi connectivity index (χ1) is 9.75. The molecule has 4 rings (SSSR count). The van der Waals surface area contributed by atoms with Crippen LogP contribution < -0.4 is 10.6 Å². The van der Waals surface area contributed by atoms with E-state index >= 15 is 0 Å². The van der Waals surface area contributed by atoms with Crippen LogP contribution in [0.3, 0.4) is 0 Å². The number of aliphatic hydroxyl groups excluding tert-OH is 1. The number of thiocarbonyl (C=S) groups is 1. The Hall–Kier alpha value is -1.40. The summed E-state index contributed by atoms with van der Waals surface area (Å²) < 4.78 is 0. The van der Waals surface area contributed by atoms with Gasteiger partial charge in [0, 0.05) is 18.0 Å². The van der Waals surface area contributed by atoms with Gasteiger partial charge in [-0.05, 0) is 36.9 Å². The maximum absolute atomic E-state index is 10.8. The number of nitrogens with one attached hydrogen (secondary N) is 3. The van der Waals surface area contributed by atoms with E-state index in [2.05, 4.69) is 20.6 Å². The predicted molar refractivity (Wildman–Crippen MR) is 79.6 cm³/mol. The minimum absolute atomic E-state index is 0.157. The van der Waals surface area contributed by atoms with Gasteiger partial charge in [0.25, 0.3) is 0 Å². The molecule has 2 fully saturated rings. The second kappa shape index (κ2) is 4.56. The van der Waals surface area contributed by atoms with Gasteiger partial charge >= 0.3 is 0 Å². The first-order valence-corrected chi connectivity index (χ1v) is 7.66. The van der Waals surface area contributed by atoms with Gasteiger partial charge in [0.05, 0.1) is 17.8 Å². The topological polar surface area (TPSA) is 73.0 Å². The van der Waals surface area contributed by atoms with E-state index in [1.807, 2.05) is 0 Å². The van der Waals surface area contributed by atoms with Gasteiger partial charge in [0.1, 0.15) is 0 Å². The number of imidazole rings is 1. The number of aromatic amines is 1. The number of rotatable bonds is 1. The van der Waals surface area contributed by atoms with E-state index in [0.29, 0.717) is 16.9 Å². The highest BCUT2D eigenvalue weighted by atomic mass is 32.1. The summed E-state index contributed by atoms with van der Waals surface area (Å²) in [5.41, 5.74) is 1.90. The Morgan fingerprint density at radius 2 is 2.05 bits per heavy atom. The fourth-order valence-electron chi connectivity index (χ4n) is 4.09. The lowest BCUT2D eigenvalue weighted by atomic mass is 9.79. The smallest absolute Gasteiger partial charge is 0.171 e. The predicted octanol–water partition coefficient (Wildman–Crippen LogP) is 1.15. The number of hydrogen-bond acceptors (Lipinski definition) is 3. The molecule has 20 heavy (non-hydrogen) atoms. The molecule has 1 aromatic heterocycles. The fourth-order valence-corrected chi connectivity index (χ4v) is 4.32. The van der Waals surface area contributed by atoms with Gasteiger partial charge in [-0.1, -0.05) is 12.8 Å². The van der Waals surface area contributed by atoms with Gasteiger partial charge in [-0.15, -0.1) is 0 Å². The molecule has 2 saturated carbocycles. The standard InChI is InChI=1S/C14H18N4OS/c19-12-8-4-2-1-3-7(8)10-9(12)11(18-14(20)17-10)13-15-5-6-16-13/h5-8,10,12,19H,1-4H2,(H,15,16)(H2,17,18,20). The molecule has 2 heterocycles. The molecule has 3 aliphatic rings. The van der Waals surface area contributed by atoms with Crippen molar-refractivity contribution in [3.8, 4) is 0 Å². The van der Waals surface area contributed by atoms with E-state index in [-0.39, 0.29) is 6.04 Å². The van der Waals surface area contributed by atoms with Crippen LogP contribution in [-0.4, -0.2) is 32.3 Å². The number of aromatic nitrogens is 2. The van der Waals surface area contributed by atoms with Crippen LogP contribution in [-0.2, 0) is 0 Å². The summed E-state index contributed by atoms with van der Waals surface area (Å²) in [4.78, 5) is 7.42. The maximum Gasteiger partial charge on any atom is 0.171 e. The average molecular weight is 290 g/mol.